The van der Waals surface area contributed by atoms with Crippen LogP contribution in [0.1, 0.15) is 12.8 Å². The molecule has 5 nitrogen and oxygen atoms in total. The topological polar surface area (TPSA) is 59.6 Å². The Kier molecular flexibility index (Phi) is 6.31. The number of ether oxygens (including phenoxy) is 2. The first-order valence-electron chi connectivity index (χ1n) is 5.39. The van der Waals surface area contributed by atoms with Gasteiger partial charge in [-0.2, -0.15) is 0 Å². The van der Waals surface area contributed by atoms with Gasteiger partial charge in [0, 0.05) is 26.1 Å². The molecule has 1 aliphatic heterocycles. The molecular formula is C10H20N2O3. The monoisotopic (exact) mass is 216 g/mol. The van der Waals surface area contributed by atoms with Crippen LogP contribution in [-0.2, 0) is 14.3 Å². The lowest BCUT2D eigenvalue weighted by Gasteiger charge is -2.11. The second-order valence-corrected chi connectivity index (χ2v) is 3.61. The molecule has 1 rings (SSSR count). The molecule has 0 radical (unpaired) electrons. The number of carbonyl (C=O) groups is 1. The molecule has 0 bridgehead atoms. The Labute approximate surface area is 90.5 Å². The molecule has 1 amide bonds. The van der Waals surface area contributed by atoms with E-state index in [1.807, 2.05) is 0 Å². The summed E-state index contributed by atoms with van der Waals surface area (Å²) in [5, 5.41) is 6.16. The minimum atomic E-state index is 0.0705. The zero-order chi connectivity index (χ0) is 10.9. The Balaban J connectivity index is 1.93. The van der Waals surface area contributed by atoms with Crippen molar-refractivity contribution in [2.75, 3.05) is 40.0 Å². The first-order valence-corrected chi connectivity index (χ1v) is 5.39. The Bertz CT molecular complexity index is 182. The minimum Gasteiger partial charge on any atom is -0.382 e. The van der Waals surface area contributed by atoms with Crippen LogP contribution in [0.4, 0.5) is 0 Å². The Morgan fingerprint density at radius 1 is 1.47 bits per heavy atom. The molecule has 1 unspecified atom stereocenters. The van der Waals surface area contributed by atoms with Gasteiger partial charge in [-0.05, 0) is 13.0 Å². The molecule has 1 fully saturated rings. The lowest BCUT2D eigenvalue weighted by molar-refractivity contribution is -0.122. The number of nitrogens with one attached hydrogen (secondary N) is 2. The van der Waals surface area contributed by atoms with E-state index >= 15 is 0 Å². The third-order valence-corrected chi connectivity index (χ3v) is 2.33. The van der Waals surface area contributed by atoms with Crippen molar-refractivity contribution in [1.82, 2.24) is 10.6 Å². The van der Waals surface area contributed by atoms with Crippen molar-refractivity contribution in [2.24, 2.45) is 0 Å². The highest BCUT2D eigenvalue weighted by Gasteiger charge is 2.15. The van der Waals surface area contributed by atoms with E-state index in [2.05, 4.69) is 10.6 Å². The van der Waals surface area contributed by atoms with E-state index in [1.54, 1.807) is 7.11 Å². The quantitative estimate of drug-likeness (QED) is 0.564. The van der Waals surface area contributed by atoms with Crippen LogP contribution in [0.25, 0.3) is 0 Å². The summed E-state index contributed by atoms with van der Waals surface area (Å²) >= 11 is 0. The van der Waals surface area contributed by atoms with Crippen molar-refractivity contribution in [3.63, 3.8) is 0 Å². The maximum atomic E-state index is 11.4. The van der Waals surface area contributed by atoms with Crippen LogP contribution >= 0.6 is 0 Å². The Morgan fingerprint density at radius 3 is 3.00 bits per heavy atom. The van der Waals surface area contributed by atoms with Crippen LogP contribution in [0.3, 0.4) is 0 Å². The highest BCUT2D eigenvalue weighted by molar-refractivity contribution is 5.76. The molecule has 15 heavy (non-hydrogen) atoms. The lowest BCUT2D eigenvalue weighted by atomic mass is 10.2. The molecular weight excluding hydrogens is 196 g/mol. The molecule has 0 aromatic carbocycles. The predicted octanol–water partition coefficient (Wildman–Crippen LogP) is -0.482. The number of amides is 1. The molecule has 88 valence electrons. The molecule has 0 aliphatic carbocycles. The van der Waals surface area contributed by atoms with Gasteiger partial charge < -0.3 is 20.1 Å². The molecule has 0 spiro atoms. The van der Waals surface area contributed by atoms with Crippen LogP contribution in [0.15, 0.2) is 0 Å². The number of methoxy groups -OCH3 is 1. The molecule has 1 saturated heterocycles. The average molecular weight is 216 g/mol. The number of hydrogen-bond donors (Lipinski definition) is 2. The van der Waals surface area contributed by atoms with Gasteiger partial charge in [0.05, 0.1) is 19.8 Å². The zero-order valence-electron chi connectivity index (χ0n) is 9.25. The van der Waals surface area contributed by atoms with Crippen LogP contribution in [0.2, 0.25) is 0 Å². The van der Waals surface area contributed by atoms with E-state index in [-0.39, 0.29) is 5.91 Å². The highest BCUT2D eigenvalue weighted by atomic mass is 16.5. The molecule has 5 heteroatoms. The van der Waals surface area contributed by atoms with Gasteiger partial charge in [-0.1, -0.05) is 0 Å². The van der Waals surface area contributed by atoms with E-state index in [0.29, 0.717) is 32.3 Å². The van der Waals surface area contributed by atoms with Crippen molar-refractivity contribution in [3.05, 3.63) is 0 Å². The summed E-state index contributed by atoms with van der Waals surface area (Å²) in [7, 11) is 1.63. The standard InChI is InChI=1S/C10H20N2O3/c1-14-6-7-15-5-3-10(13)12-9-2-4-11-8-9/h9,11H,2-8H2,1H3,(H,12,13). The van der Waals surface area contributed by atoms with Gasteiger partial charge in [0.2, 0.25) is 5.91 Å². The summed E-state index contributed by atoms with van der Waals surface area (Å²) in [6.45, 7) is 3.48. The van der Waals surface area contributed by atoms with Crippen LogP contribution < -0.4 is 10.6 Å². The predicted molar refractivity (Wildman–Crippen MR) is 56.7 cm³/mol. The fourth-order valence-corrected chi connectivity index (χ4v) is 1.49. The van der Waals surface area contributed by atoms with Crippen LogP contribution in [0.5, 0.6) is 0 Å². The smallest absolute Gasteiger partial charge is 0.222 e. The van der Waals surface area contributed by atoms with Gasteiger partial charge >= 0.3 is 0 Å². The normalized spacial score (nSPS) is 20.5. The molecule has 0 aromatic heterocycles. The van der Waals surface area contributed by atoms with Crippen molar-refractivity contribution < 1.29 is 14.3 Å². The number of rotatable bonds is 7. The summed E-state index contributed by atoms with van der Waals surface area (Å²) in [5.74, 6) is 0.0705. The van der Waals surface area contributed by atoms with Gasteiger partial charge in [-0.3, -0.25) is 4.79 Å². The van der Waals surface area contributed by atoms with Crippen molar-refractivity contribution in [3.8, 4) is 0 Å². The molecule has 2 N–H and O–H groups in total. The van der Waals surface area contributed by atoms with Crippen LogP contribution in [-0.4, -0.2) is 52.0 Å². The summed E-state index contributed by atoms with van der Waals surface area (Å²) < 4.78 is 10.0. The third kappa shape index (κ3) is 5.71. The van der Waals surface area contributed by atoms with Gasteiger partial charge in [-0.25, -0.2) is 0 Å². The summed E-state index contributed by atoms with van der Waals surface area (Å²) in [4.78, 5) is 11.4. The largest absolute Gasteiger partial charge is 0.382 e. The van der Waals surface area contributed by atoms with E-state index < -0.39 is 0 Å². The summed E-state index contributed by atoms with van der Waals surface area (Å²) in [6.07, 6.45) is 1.45. The highest BCUT2D eigenvalue weighted by Crippen LogP contribution is 1.97. The molecule has 0 saturated carbocycles. The van der Waals surface area contributed by atoms with Crippen LogP contribution in [0, 0.1) is 0 Å². The molecule has 1 atom stereocenters. The Morgan fingerprint density at radius 2 is 2.33 bits per heavy atom. The average Bonchev–Trinajstić information content (AvgIpc) is 2.70. The number of hydrogen-bond acceptors (Lipinski definition) is 4. The van der Waals surface area contributed by atoms with E-state index in [0.717, 1.165) is 19.5 Å². The summed E-state index contributed by atoms with van der Waals surface area (Å²) in [5.41, 5.74) is 0. The molecule has 1 aliphatic rings. The third-order valence-electron chi connectivity index (χ3n) is 2.33. The first kappa shape index (κ1) is 12.4. The maximum absolute atomic E-state index is 11.4. The molecule has 0 aromatic rings. The van der Waals surface area contributed by atoms with Gasteiger partial charge in [0.1, 0.15) is 0 Å². The minimum absolute atomic E-state index is 0.0705. The van der Waals surface area contributed by atoms with Gasteiger partial charge in [0.15, 0.2) is 0 Å². The lowest BCUT2D eigenvalue weighted by Crippen LogP contribution is -2.36. The first-order chi connectivity index (χ1) is 7.33. The fraction of sp³-hybridized carbons (Fsp3) is 0.900. The van der Waals surface area contributed by atoms with Crippen molar-refractivity contribution >= 4 is 5.91 Å². The van der Waals surface area contributed by atoms with E-state index in [9.17, 15) is 4.79 Å². The zero-order valence-corrected chi connectivity index (χ0v) is 9.25. The second-order valence-electron chi connectivity index (χ2n) is 3.61. The summed E-state index contributed by atoms with van der Waals surface area (Å²) in [6, 6.07) is 0.302. The second kappa shape index (κ2) is 7.62. The maximum Gasteiger partial charge on any atom is 0.222 e. The fourth-order valence-electron chi connectivity index (χ4n) is 1.49. The SMILES string of the molecule is COCCOCCC(=O)NC1CCNC1. The van der Waals surface area contributed by atoms with E-state index in [4.69, 9.17) is 9.47 Å². The Hall–Kier alpha value is -0.650. The van der Waals surface area contributed by atoms with Gasteiger partial charge in [-0.15, -0.1) is 0 Å². The van der Waals surface area contributed by atoms with E-state index in [1.165, 1.54) is 0 Å². The molecule has 1 heterocycles. The van der Waals surface area contributed by atoms with Crippen molar-refractivity contribution in [1.29, 1.82) is 0 Å². The van der Waals surface area contributed by atoms with Crippen molar-refractivity contribution in [2.45, 2.75) is 18.9 Å². The van der Waals surface area contributed by atoms with Gasteiger partial charge in [0.25, 0.3) is 0 Å². The number of carbonyl (C=O) groups excluding carboxylic acids is 1.